The van der Waals surface area contributed by atoms with Crippen LogP contribution in [0.15, 0.2) is 83.8 Å². The van der Waals surface area contributed by atoms with Crippen LogP contribution in [-0.2, 0) is 10.0 Å². The fraction of sp³-hybridized carbons (Fsp3) is 0.0769. The molecule has 1 aromatic heterocycles. The maximum Gasteiger partial charge on any atom is 0.268 e. The highest BCUT2D eigenvalue weighted by atomic mass is 32.2. The Hall–Kier alpha value is -4.44. The van der Waals surface area contributed by atoms with E-state index in [1.165, 1.54) is 36.1 Å². The van der Waals surface area contributed by atoms with Crippen molar-refractivity contribution < 1.29 is 22.3 Å². The molecule has 0 aliphatic carbocycles. The van der Waals surface area contributed by atoms with Crippen molar-refractivity contribution in [3.8, 4) is 28.1 Å². The number of nitrogens with two attached hydrogens (primary N) is 1. The molecular formula is C26H23FN4O4S. The van der Waals surface area contributed by atoms with Crippen molar-refractivity contribution in [2.45, 2.75) is 11.8 Å². The highest BCUT2D eigenvalue weighted by molar-refractivity contribution is 7.92. The number of nitrogens with one attached hydrogen (secondary N) is 1. The molecule has 184 valence electrons. The molecule has 0 atom stereocenters. The second kappa shape index (κ2) is 10.0. The van der Waals surface area contributed by atoms with Crippen LogP contribution in [0.4, 0.5) is 10.1 Å². The van der Waals surface area contributed by atoms with Crippen LogP contribution in [-0.4, -0.2) is 31.2 Å². The zero-order chi connectivity index (χ0) is 25.9. The highest BCUT2D eigenvalue weighted by Gasteiger charge is 2.25. The first-order chi connectivity index (χ1) is 17.2. The fourth-order valence-electron chi connectivity index (χ4n) is 3.73. The summed E-state index contributed by atoms with van der Waals surface area (Å²) in [4.78, 5) is 12.5. The average Bonchev–Trinajstić information content (AvgIpc) is 3.24. The Morgan fingerprint density at radius 3 is 2.31 bits per heavy atom. The number of allylic oxidation sites excluding steroid dienone is 1. The van der Waals surface area contributed by atoms with Crippen molar-refractivity contribution in [2.24, 2.45) is 5.73 Å². The van der Waals surface area contributed by atoms with Gasteiger partial charge in [0.05, 0.1) is 12.0 Å². The van der Waals surface area contributed by atoms with E-state index in [1.807, 2.05) is 0 Å². The Bertz CT molecular complexity index is 1550. The fourth-order valence-corrected chi connectivity index (χ4v) is 4.79. The molecule has 1 amide bonds. The van der Waals surface area contributed by atoms with Gasteiger partial charge in [-0.05, 0) is 48.9 Å². The summed E-state index contributed by atoms with van der Waals surface area (Å²) < 4.78 is 49.0. The Kier molecular flexibility index (Phi) is 6.89. The van der Waals surface area contributed by atoms with Gasteiger partial charge in [0.2, 0.25) is 0 Å². The lowest BCUT2D eigenvalue weighted by Gasteiger charge is -2.10. The van der Waals surface area contributed by atoms with Crippen molar-refractivity contribution in [1.29, 1.82) is 0 Å². The third kappa shape index (κ3) is 4.84. The van der Waals surface area contributed by atoms with Gasteiger partial charge in [0.15, 0.2) is 11.6 Å². The largest absolute Gasteiger partial charge is 0.494 e. The number of amides is 1. The van der Waals surface area contributed by atoms with E-state index in [2.05, 4.69) is 9.82 Å². The summed E-state index contributed by atoms with van der Waals surface area (Å²) in [6, 6.07) is 18.8. The van der Waals surface area contributed by atoms with Gasteiger partial charge in [0.25, 0.3) is 15.9 Å². The van der Waals surface area contributed by atoms with Crippen LogP contribution in [0, 0.1) is 5.82 Å². The molecule has 36 heavy (non-hydrogen) atoms. The van der Waals surface area contributed by atoms with Crippen LogP contribution in [0.2, 0.25) is 0 Å². The number of carbonyl (C=O) groups is 1. The number of rotatable bonds is 8. The minimum Gasteiger partial charge on any atom is -0.494 e. The van der Waals surface area contributed by atoms with E-state index in [0.29, 0.717) is 28.1 Å². The standard InChI is InChI=1S/C26H23FN4O4S/c1-3-15-31-25(26(28)32)23(18-11-14-22(35-2)21(27)16-18)24(29-31)17-9-12-20(13-10-17)36(33,34)30-19-7-5-4-6-8-19/h3-16,30H,1-2H3,(H2,28,32)/b15-3+. The predicted molar refractivity (Wildman–Crippen MR) is 136 cm³/mol. The summed E-state index contributed by atoms with van der Waals surface area (Å²) in [5.41, 5.74) is 7.66. The monoisotopic (exact) mass is 506 g/mol. The normalized spacial score (nSPS) is 11.5. The summed E-state index contributed by atoms with van der Waals surface area (Å²) in [5, 5.41) is 4.51. The summed E-state index contributed by atoms with van der Waals surface area (Å²) in [6.07, 6.45) is 3.22. The molecule has 4 rings (SSSR count). The quantitative estimate of drug-likeness (QED) is 0.358. The van der Waals surface area contributed by atoms with E-state index in [9.17, 15) is 17.6 Å². The molecule has 1 heterocycles. The number of para-hydroxylation sites is 1. The molecule has 10 heteroatoms. The number of aromatic nitrogens is 2. The van der Waals surface area contributed by atoms with E-state index >= 15 is 0 Å². The number of methoxy groups -OCH3 is 1. The van der Waals surface area contributed by atoms with Crippen LogP contribution >= 0.6 is 0 Å². The maximum atomic E-state index is 14.6. The lowest BCUT2D eigenvalue weighted by molar-refractivity contribution is 0.0994. The summed E-state index contributed by atoms with van der Waals surface area (Å²) in [5.74, 6) is -1.34. The van der Waals surface area contributed by atoms with Crippen molar-refractivity contribution in [3.05, 3.63) is 90.4 Å². The van der Waals surface area contributed by atoms with Crippen LogP contribution < -0.4 is 15.2 Å². The summed E-state index contributed by atoms with van der Waals surface area (Å²) in [6.45, 7) is 1.75. The zero-order valence-electron chi connectivity index (χ0n) is 19.5. The number of primary amides is 1. The van der Waals surface area contributed by atoms with Gasteiger partial charge in [-0.1, -0.05) is 42.5 Å². The second-order valence-corrected chi connectivity index (χ2v) is 9.39. The molecule has 0 aliphatic heterocycles. The van der Waals surface area contributed by atoms with E-state index in [1.54, 1.807) is 67.7 Å². The Labute approximate surface area is 207 Å². The minimum atomic E-state index is -3.84. The Morgan fingerprint density at radius 2 is 1.72 bits per heavy atom. The first-order valence-electron chi connectivity index (χ1n) is 10.8. The number of carbonyl (C=O) groups excluding carboxylic acids is 1. The molecule has 0 bridgehead atoms. The molecule has 8 nitrogen and oxygen atoms in total. The summed E-state index contributed by atoms with van der Waals surface area (Å²) in [7, 11) is -2.49. The van der Waals surface area contributed by atoms with Gasteiger partial charge >= 0.3 is 0 Å². The molecule has 0 fully saturated rings. The van der Waals surface area contributed by atoms with Gasteiger partial charge in [0.1, 0.15) is 11.4 Å². The number of anilines is 1. The number of sulfonamides is 1. The minimum absolute atomic E-state index is 0.0372. The van der Waals surface area contributed by atoms with Gasteiger partial charge in [-0.15, -0.1) is 0 Å². The predicted octanol–water partition coefficient (Wildman–Crippen LogP) is 4.76. The van der Waals surface area contributed by atoms with E-state index in [0.717, 1.165) is 0 Å². The Balaban J connectivity index is 1.83. The smallest absolute Gasteiger partial charge is 0.268 e. The lowest BCUT2D eigenvalue weighted by Crippen LogP contribution is -2.16. The van der Waals surface area contributed by atoms with Crippen LogP contribution in [0.1, 0.15) is 17.4 Å². The van der Waals surface area contributed by atoms with Crippen molar-refractivity contribution in [1.82, 2.24) is 9.78 Å². The second-order valence-electron chi connectivity index (χ2n) is 7.71. The molecule has 0 radical (unpaired) electrons. The van der Waals surface area contributed by atoms with Gasteiger partial charge in [0, 0.05) is 23.0 Å². The third-order valence-electron chi connectivity index (χ3n) is 5.34. The van der Waals surface area contributed by atoms with Gasteiger partial charge < -0.3 is 10.5 Å². The van der Waals surface area contributed by atoms with E-state index < -0.39 is 21.7 Å². The van der Waals surface area contributed by atoms with Crippen LogP contribution in [0.25, 0.3) is 28.6 Å². The van der Waals surface area contributed by atoms with E-state index in [-0.39, 0.29) is 16.3 Å². The first-order valence-corrected chi connectivity index (χ1v) is 12.3. The summed E-state index contributed by atoms with van der Waals surface area (Å²) >= 11 is 0. The number of nitrogens with zero attached hydrogens (tertiary/aromatic N) is 2. The number of ether oxygens (including phenoxy) is 1. The molecule has 3 N–H and O–H groups in total. The van der Waals surface area contributed by atoms with Gasteiger partial charge in [-0.2, -0.15) is 5.10 Å². The topological polar surface area (TPSA) is 116 Å². The lowest BCUT2D eigenvalue weighted by atomic mass is 9.98. The zero-order valence-corrected chi connectivity index (χ0v) is 20.3. The molecule has 0 spiro atoms. The molecule has 4 aromatic rings. The first kappa shape index (κ1) is 24.7. The molecule has 0 aliphatic rings. The van der Waals surface area contributed by atoms with Crippen molar-refractivity contribution in [2.75, 3.05) is 11.8 Å². The van der Waals surface area contributed by atoms with E-state index in [4.69, 9.17) is 10.5 Å². The van der Waals surface area contributed by atoms with Crippen LogP contribution in [0.5, 0.6) is 5.75 Å². The number of hydrogen-bond donors (Lipinski definition) is 2. The molecule has 0 unspecified atom stereocenters. The maximum absolute atomic E-state index is 14.6. The number of benzene rings is 3. The van der Waals surface area contributed by atoms with Crippen LogP contribution in [0.3, 0.4) is 0 Å². The highest BCUT2D eigenvalue weighted by Crippen LogP contribution is 2.37. The molecule has 0 saturated carbocycles. The third-order valence-corrected chi connectivity index (χ3v) is 6.74. The number of halogens is 1. The SMILES string of the molecule is C/C=C/n1nc(-c2ccc(S(=O)(=O)Nc3ccccc3)cc2)c(-c2ccc(OC)c(F)c2)c1C(N)=O. The van der Waals surface area contributed by atoms with Crippen molar-refractivity contribution >= 4 is 27.8 Å². The molecular weight excluding hydrogens is 483 g/mol. The number of hydrogen-bond acceptors (Lipinski definition) is 5. The van der Waals surface area contributed by atoms with Gasteiger partial charge in [-0.3, -0.25) is 9.52 Å². The molecule has 0 saturated heterocycles. The van der Waals surface area contributed by atoms with Crippen molar-refractivity contribution in [3.63, 3.8) is 0 Å². The molecule has 3 aromatic carbocycles. The van der Waals surface area contributed by atoms with Gasteiger partial charge in [-0.25, -0.2) is 17.5 Å². The average molecular weight is 507 g/mol. The Morgan fingerprint density at radius 1 is 1.06 bits per heavy atom.